The molecule has 0 saturated carbocycles. The van der Waals surface area contributed by atoms with Crippen molar-refractivity contribution < 1.29 is 33.8 Å². The number of rotatable bonds is 6. The lowest BCUT2D eigenvalue weighted by atomic mass is 9.77. The summed E-state index contributed by atoms with van der Waals surface area (Å²) in [6, 6.07) is 15.7. The highest BCUT2D eigenvalue weighted by Crippen LogP contribution is 2.55. The van der Waals surface area contributed by atoms with E-state index in [1.165, 1.54) is 4.90 Å². The van der Waals surface area contributed by atoms with Gasteiger partial charge in [-0.3, -0.25) is 19.2 Å². The number of benzene rings is 2. The fourth-order valence-electron chi connectivity index (χ4n) is 8.95. The van der Waals surface area contributed by atoms with Gasteiger partial charge in [0.05, 0.1) is 30.7 Å². The SMILES string of the molecule is C[C@H]1NC(=O)CC/C=C\[C@H]2O[C@]34C=CCN(C(C)(C)CC(C)(C)C)C(=O)[C@H]3N([C@H](CO)c3ccccc3)C(=O)[C@@H]4[C@H]2C(=O)O[C@@H]1c1ccccc1. The predicted molar refractivity (Wildman–Crippen MR) is 192 cm³/mol. The Labute approximate surface area is 300 Å². The van der Waals surface area contributed by atoms with Gasteiger partial charge in [-0.05, 0) is 50.2 Å². The molecule has 2 N–H and O–H groups in total. The average molecular weight is 698 g/mol. The molecule has 2 aromatic carbocycles. The maximum Gasteiger partial charge on any atom is 0.313 e. The van der Waals surface area contributed by atoms with E-state index < -0.39 is 71.8 Å². The number of hydrogen-bond donors (Lipinski definition) is 2. The monoisotopic (exact) mass is 697 g/mol. The Morgan fingerprint density at radius 2 is 1.61 bits per heavy atom. The van der Waals surface area contributed by atoms with Gasteiger partial charge in [-0.25, -0.2) is 0 Å². The van der Waals surface area contributed by atoms with Gasteiger partial charge >= 0.3 is 5.97 Å². The molecular weight excluding hydrogens is 646 g/mol. The third-order valence-corrected chi connectivity index (χ3v) is 10.7. The van der Waals surface area contributed by atoms with Crippen molar-refractivity contribution in [2.24, 2.45) is 17.3 Å². The molecule has 51 heavy (non-hydrogen) atoms. The van der Waals surface area contributed by atoms with Gasteiger partial charge in [-0.1, -0.05) is 106 Å². The van der Waals surface area contributed by atoms with E-state index in [0.717, 1.165) is 0 Å². The van der Waals surface area contributed by atoms with Crippen molar-refractivity contribution in [3.8, 4) is 0 Å². The number of aliphatic hydroxyl groups excluding tert-OH is 1. The molecule has 4 aliphatic rings. The third-order valence-electron chi connectivity index (χ3n) is 10.7. The van der Waals surface area contributed by atoms with E-state index >= 15 is 9.59 Å². The quantitative estimate of drug-likeness (QED) is 0.320. The molecule has 0 bridgehead atoms. The summed E-state index contributed by atoms with van der Waals surface area (Å²) in [5, 5.41) is 13.9. The summed E-state index contributed by atoms with van der Waals surface area (Å²) in [5.41, 5.74) is -0.896. The lowest BCUT2D eigenvalue weighted by Gasteiger charge is -2.45. The summed E-state index contributed by atoms with van der Waals surface area (Å²) in [5.74, 6) is -3.85. The number of ether oxygens (including phenoxy) is 2. The van der Waals surface area contributed by atoms with Crippen molar-refractivity contribution in [3.63, 3.8) is 0 Å². The predicted octanol–water partition coefficient (Wildman–Crippen LogP) is 5.05. The van der Waals surface area contributed by atoms with E-state index in [1.54, 1.807) is 25.2 Å². The van der Waals surface area contributed by atoms with Crippen LogP contribution in [-0.4, -0.2) is 81.1 Å². The van der Waals surface area contributed by atoms with Gasteiger partial charge in [-0.2, -0.15) is 0 Å². The standard InChI is InChI=1S/C41H51N3O7/c1-26-34(28-18-11-8-12-19-28)50-38(49)32-30(20-13-14-21-31(46)42-26)51-41-22-15-23-43(40(5,6)25-39(2,3)4)37(48)35(41)44(36(47)33(32)41)29(24-45)27-16-9-7-10-17-27/h7-13,15-20,22,26,29-30,32-35,45H,14,21,23-25H2,1-6H3,(H,42,46)/b20-13-/t26-,29-,30-,32+,33+,34+,35-,41+/m1/s1. The average Bonchev–Trinajstić information content (AvgIpc) is 3.45. The molecule has 272 valence electrons. The van der Waals surface area contributed by atoms with Crippen molar-refractivity contribution in [1.29, 1.82) is 0 Å². The molecule has 4 aliphatic heterocycles. The Bertz CT molecular complexity index is 1680. The number of carbonyl (C=O) groups is 4. The second kappa shape index (κ2) is 14.0. The summed E-state index contributed by atoms with van der Waals surface area (Å²) in [6.45, 7) is 12.1. The van der Waals surface area contributed by atoms with Crippen LogP contribution in [0.15, 0.2) is 85.0 Å². The molecule has 2 aromatic rings. The Kier molecular flexibility index (Phi) is 10.0. The van der Waals surface area contributed by atoms with Crippen molar-refractivity contribution in [2.45, 2.75) is 102 Å². The first-order valence-electron chi connectivity index (χ1n) is 18.0. The Morgan fingerprint density at radius 1 is 0.941 bits per heavy atom. The molecule has 0 aliphatic carbocycles. The lowest BCUT2D eigenvalue weighted by Crippen LogP contribution is -2.60. The first-order chi connectivity index (χ1) is 24.2. The van der Waals surface area contributed by atoms with Gasteiger partial charge in [0.25, 0.3) is 0 Å². The molecule has 10 heteroatoms. The second-order valence-corrected chi connectivity index (χ2v) is 16.2. The molecule has 2 saturated heterocycles. The zero-order valence-electron chi connectivity index (χ0n) is 30.5. The molecule has 0 radical (unpaired) electrons. The molecule has 1 spiro atoms. The van der Waals surface area contributed by atoms with Crippen molar-refractivity contribution in [1.82, 2.24) is 15.1 Å². The van der Waals surface area contributed by atoms with Crippen molar-refractivity contribution in [2.75, 3.05) is 13.2 Å². The van der Waals surface area contributed by atoms with E-state index in [0.29, 0.717) is 24.0 Å². The number of likely N-dealkylation sites (tertiary alicyclic amines) is 1. The first kappa shape index (κ1) is 36.5. The minimum absolute atomic E-state index is 0.107. The van der Waals surface area contributed by atoms with Gasteiger partial charge in [-0.15, -0.1) is 0 Å². The van der Waals surface area contributed by atoms with Gasteiger partial charge in [0.1, 0.15) is 23.7 Å². The number of esters is 1. The molecule has 6 rings (SSSR count). The highest BCUT2D eigenvalue weighted by Gasteiger charge is 2.73. The normalized spacial score (nSPS) is 31.4. The van der Waals surface area contributed by atoms with E-state index in [9.17, 15) is 14.7 Å². The minimum Gasteiger partial charge on any atom is -0.455 e. The fourth-order valence-corrected chi connectivity index (χ4v) is 8.95. The number of allylic oxidation sites excluding steroid dienone is 1. The largest absolute Gasteiger partial charge is 0.455 e. The number of amides is 3. The van der Waals surface area contributed by atoms with Crippen LogP contribution < -0.4 is 5.32 Å². The van der Waals surface area contributed by atoms with Crippen LogP contribution in [0.3, 0.4) is 0 Å². The molecule has 10 nitrogen and oxygen atoms in total. The molecule has 0 unspecified atom stereocenters. The van der Waals surface area contributed by atoms with Crippen LogP contribution in [0, 0.1) is 17.3 Å². The van der Waals surface area contributed by atoms with Gasteiger partial charge in [0.15, 0.2) is 0 Å². The second-order valence-electron chi connectivity index (χ2n) is 16.2. The summed E-state index contributed by atoms with van der Waals surface area (Å²) >= 11 is 0. The minimum atomic E-state index is -1.54. The highest BCUT2D eigenvalue weighted by atomic mass is 16.6. The molecule has 8 atom stereocenters. The lowest BCUT2D eigenvalue weighted by molar-refractivity contribution is -0.162. The number of nitrogens with zero attached hydrogens (tertiary/aromatic N) is 2. The van der Waals surface area contributed by atoms with Crippen LogP contribution in [0.4, 0.5) is 0 Å². The van der Waals surface area contributed by atoms with E-state index in [1.807, 2.05) is 85.5 Å². The molecule has 2 fully saturated rings. The van der Waals surface area contributed by atoms with E-state index in [2.05, 4.69) is 26.1 Å². The zero-order valence-corrected chi connectivity index (χ0v) is 30.5. The van der Waals surface area contributed by atoms with Gasteiger partial charge < -0.3 is 29.7 Å². The number of cyclic esters (lactones) is 1. The zero-order chi connectivity index (χ0) is 36.7. The molecule has 3 amide bonds. The van der Waals surface area contributed by atoms with Gasteiger partial charge in [0, 0.05) is 18.5 Å². The van der Waals surface area contributed by atoms with Crippen LogP contribution in [0.1, 0.15) is 84.1 Å². The molecule has 4 heterocycles. The molecular formula is C41H51N3O7. The molecule has 0 aromatic heterocycles. The topological polar surface area (TPSA) is 125 Å². The summed E-state index contributed by atoms with van der Waals surface area (Å²) in [7, 11) is 0. The van der Waals surface area contributed by atoms with Crippen LogP contribution in [-0.2, 0) is 28.7 Å². The van der Waals surface area contributed by atoms with E-state index in [4.69, 9.17) is 9.47 Å². The first-order valence-corrected chi connectivity index (χ1v) is 18.0. The number of fused-ring (bicyclic) bond motifs is 2. The Balaban J connectivity index is 1.50. The fraction of sp³-hybridized carbons (Fsp3) is 0.512. The van der Waals surface area contributed by atoms with Crippen molar-refractivity contribution in [3.05, 3.63) is 96.1 Å². The maximum atomic E-state index is 15.2. The van der Waals surface area contributed by atoms with E-state index in [-0.39, 0.29) is 30.2 Å². The maximum absolute atomic E-state index is 15.2. The van der Waals surface area contributed by atoms with Crippen molar-refractivity contribution >= 4 is 23.7 Å². The Hall–Kier alpha value is -4.28. The summed E-state index contributed by atoms with van der Waals surface area (Å²) < 4.78 is 13.2. The summed E-state index contributed by atoms with van der Waals surface area (Å²) in [6.07, 6.45) is 6.73. The van der Waals surface area contributed by atoms with Crippen LogP contribution in [0.2, 0.25) is 0 Å². The van der Waals surface area contributed by atoms with Crippen LogP contribution >= 0.6 is 0 Å². The summed E-state index contributed by atoms with van der Waals surface area (Å²) in [4.78, 5) is 61.1. The smallest absolute Gasteiger partial charge is 0.313 e. The number of aliphatic hydroxyl groups is 1. The third kappa shape index (κ3) is 6.88. The number of hydrogen-bond acceptors (Lipinski definition) is 7. The van der Waals surface area contributed by atoms with Gasteiger partial charge in [0.2, 0.25) is 17.7 Å². The van der Waals surface area contributed by atoms with Crippen LogP contribution in [0.5, 0.6) is 0 Å². The van der Waals surface area contributed by atoms with Crippen LogP contribution in [0.25, 0.3) is 0 Å². The number of carbonyl (C=O) groups excluding carboxylic acids is 4. The number of nitrogens with one attached hydrogen (secondary N) is 1. The highest BCUT2D eigenvalue weighted by molar-refractivity contribution is 5.99. The Morgan fingerprint density at radius 3 is 2.25 bits per heavy atom.